The van der Waals surface area contributed by atoms with E-state index in [0.29, 0.717) is 19.6 Å². The summed E-state index contributed by atoms with van der Waals surface area (Å²) in [6.07, 6.45) is 0.435. The molecule has 0 fully saturated rings. The number of rotatable bonds is 6. The molecule has 0 atom stereocenters. The Hall–Kier alpha value is -0.610. The molecule has 0 heterocycles. The summed E-state index contributed by atoms with van der Waals surface area (Å²) in [6, 6.07) is 0. The Labute approximate surface area is 73.0 Å². The summed E-state index contributed by atoms with van der Waals surface area (Å²) in [4.78, 5) is 11.0. The zero-order valence-electron chi connectivity index (χ0n) is 7.92. The molecule has 12 heavy (non-hydrogen) atoms. The lowest BCUT2D eigenvalue weighted by atomic mass is 10.2. The van der Waals surface area contributed by atoms with Crippen molar-refractivity contribution in [1.82, 2.24) is 0 Å². The molecule has 2 N–H and O–H groups in total. The first kappa shape index (κ1) is 11.4. The van der Waals surface area contributed by atoms with Crippen LogP contribution in [-0.4, -0.2) is 24.9 Å². The van der Waals surface area contributed by atoms with Gasteiger partial charge in [-0.15, -0.1) is 0 Å². The van der Waals surface area contributed by atoms with Gasteiger partial charge in [-0.1, -0.05) is 6.92 Å². The molecular formula is C8H17NO3. The molecule has 0 spiro atoms. The molecule has 0 saturated heterocycles. The molecule has 0 aromatic rings. The van der Waals surface area contributed by atoms with Crippen LogP contribution < -0.4 is 5.73 Å². The number of hydrogen-bond acceptors (Lipinski definition) is 3. The summed E-state index contributed by atoms with van der Waals surface area (Å²) in [5.74, 6) is -1.78. The molecule has 0 saturated carbocycles. The van der Waals surface area contributed by atoms with Gasteiger partial charge in [-0.2, -0.15) is 0 Å². The fourth-order valence-electron chi connectivity index (χ4n) is 1.03. The van der Waals surface area contributed by atoms with Crippen molar-refractivity contribution in [2.24, 2.45) is 5.73 Å². The van der Waals surface area contributed by atoms with Gasteiger partial charge in [0.25, 0.3) is 5.91 Å². The van der Waals surface area contributed by atoms with Crippen molar-refractivity contribution in [1.29, 1.82) is 0 Å². The maximum atomic E-state index is 11.0. The third-order valence-electron chi connectivity index (χ3n) is 1.60. The molecule has 4 nitrogen and oxygen atoms in total. The molecule has 0 rings (SSSR count). The quantitative estimate of drug-likeness (QED) is 0.603. The van der Waals surface area contributed by atoms with Gasteiger partial charge in [-0.3, -0.25) is 4.79 Å². The van der Waals surface area contributed by atoms with Crippen LogP contribution in [0.4, 0.5) is 0 Å². The average molecular weight is 175 g/mol. The zero-order chi connectivity index (χ0) is 9.61. The molecule has 0 bridgehead atoms. The van der Waals surface area contributed by atoms with E-state index < -0.39 is 11.7 Å². The Kier molecular flexibility index (Phi) is 4.85. The van der Waals surface area contributed by atoms with Gasteiger partial charge in [0.15, 0.2) is 0 Å². The second-order valence-electron chi connectivity index (χ2n) is 2.34. The normalized spacial score (nSPS) is 11.6. The van der Waals surface area contributed by atoms with E-state index in [-0.39, 0.29) is 0 Å². The molecule has 0 aromatic carbocycles. The van der Waals surface area contributed by atoms with Gasteiger partial charge in [0.05, 0.1) is 0 Å². The average Bonchev–Trinajstić information content (AvgIpc) is 2.03. The third-order valence-corrected chi connectivity index (χ3v) is 1.60. The lowest BCUT2D eigenvalue weighted by Crippen LogP contribution is -2.48. The van der Waals surface area contributed by atoms with Gasteiger partial charge in [0.1, 0.15) is 0 Å². The molecule has 0 radical (unpaired) electrons. The first-order valence-corrected chi connectivity index (χ1v) is 4.20. The third kappa shape index (κ3) is 2.46. The lowest BCUT2D eigenvalue weighted by molar-refractivity contribution is -0.226. The number of amides is 1. The molecule has 4 heteroatoms. The fourth-order valence-corrected chi connectivity index (χ4v) is 1.03. The van der Waals surface area contributed by atoms with Crippen LogP contribution in [0.25, 0.3) is 0 Å². The molecule has 72 valence electrons. The van der Waals surface area contributed by atoms with Crippen LogP contribution >= 0.6 is 0 Å². The highest BCUT2D eigenvalue weighted by Crippen LogP contribution is 2.16. The summed E-state index contributed by atoms with van der Waals surface area (Å²) in [7, 11) is 0. The second kappa shape index (κ2) is 5.11. The Bertz CT molecular complexity index is 141. The summed E-state index contributed by atoms with van der Waals surface area (Å²) in [5, 5.41) is 0. The van der Waals surface area contributed by atoms with Crippen molar-refractivity contribution in [3.05, 3.63) is 0 Å². The van der Waals surface area contributed by atoms with Gasteiger partial charge in [0.2, 0.25) is 5.79 Å². The van der Waals surface area contributed by atoms with Crippen molar-refractivity contribution >= 4 is 5.91 Å². The number of hydrogen-bond donors (Lipinski definition) is 1. The highest BCUT2D eigenvalue weighted by atomic mass is 16.7. The van der Waals surface area contributed by atoms with Crippen molar-refractivity contribution < 1.29 is 14.3 Å². The molecule has 0 aliphatic carbocycles. The number of primary amides is 1. The minimum atomic E-state index is -1.22. The van der Waals surface area contributed by atoms with Crippen LogP contribution in [-0.2, 0) is 14.3 Å². The summed E-state index contributed by atoms with van der Waals surface area (Å²) in [6.45, 7) is 6.22. The van der Waals surface area contributed by atoms with E-state index in [1.165, 1.54) is 0 Å². The van der Waals surface area contributed by atoms with Gasteiger partial charge < -0.3 is 15.2 Å². The predicted octanol–water partition coefficient (Wildman–Crippen LogP) is 0.651. The maximum absolute atomic E-state index is 11.0. The highest BCUT2D eigenvalue weighted by molar-refractivity contribution is 5.81. The first-order valence-electron chi connectivity index (χ1n) is 4.20. The van der Waals surface area contributed by atoms with E-state index >= 15 is 0 Å². The van der Waals surface area contributed by atoms with Crippen LogP contribution in [0, 0.1) is 0 Å². The Morgan fingerprint density at radius 1 is 1.25 bits per heavy atom. The zero-order valence-corrected chi connectivity index (χ0v) is 7.92. The van der Waals surface area contributed by atoms with E-state index in [1.807, 2.05) is 0 Å². The maximum Gasteiger partial charge on any atom is 0.277 e. The largest absolute Gasteiger partial charge is 0.365 e. The molecular weight excluding hydrogens is 158 g/mol. The Morgan fingerprint density at radius 3 is 1.83 bits per heavy atom. The molecule has 0 aromatic heterocycles. The van der Waals surface area contributed by atoms with E-state index in [4.69, 9.17) is 15.2 Å². The fraction of sp³-hybridized carbons (Fsp3) is 0.875. The smallest absolute Gasteiger partial charge is 0.277 e. The number of ether oxygens (including phenoxy) is 2. The topological polar surface area (TPSA) is 61.6 Å². The SMILES string of the molecule is CCOC(CC)(OCC)C(N)=O. The highest BCUT2D eigenvalue weighted by Gasteiger charge is 2.36. The van der Waals surface area contributed by atoms with Crippen molar-refractivity contribution in [2.45, 2.75) is 33.0 Å². The Morgan fingerprint density at radius 2 is 1.67 bits per heavy atom. The van der Waals surface area contributed by atoms with Gasteiger partial charge in [-0.25, -0.2) is 0 Å². The molecule has 0 unspecified atom stereocenters. The van der Waals surface area contributed by atoms with Crippen molar-refractivity contribution in [3.8, 4) is 0 Å². The van der Waals surface area contributed by atoms with E-state index in [2.05, 4.69) is 0 Å². The van der Waals surface area contributed by atoms with Gasteiger partial charge >= 0.3 is 0 Å². The Balaban J connectivity index is 4.39. The second-order valence-corrected chi connectivity index (χ2v) is 2.34. The summed E-state index contributed by atoms with van der Waals surface area (Å²) < 4.78 is 10.4. The van der Waals surface area contributed by atoms with Gasteiger partial charge in [-0.05, 0) is 13.8 Å². The lowest BCUT2D eigenvalue weighted by Gasteiger charge is -2.28. The standard InChI is InChI=1S/C8H17NO3/c1-4-8(7(9)10,11-5-2)12-6-3/h4-6H2,1-3H3,(H2,9,10). The van der Waals surface area contributed by atoms with Crippen molar-refractivity contribution in [3.63, 3.8) is 0 Å². The molecule has 0 aliphatic heterocycles. The minimum absolute atomic E-state index is 0.413. The summed E-state index contributed by atoms with van der Waals surface area (Å²) >= 11 is 0. The van der Waals surface area contributed by atoms with Crippen LogP contribution in [0.1, 0.15) is 27.2 Å². The minimum Gasteiger partial charge on any atom is -0.365 e. The molecule has 1 amide bonds. The van der Waals surface area contributed by atoms with Crippen LogP contribution in [0.5, 0.6) is 0 Å². The number of carbonyl (C=O) groups is 1. The van der Waals surface area contributed by atoms with Gasteiger partial charge in [0, 0.05) is 19.6 Å². The number of nitrogens with two attached hydrogens (primary N) is 1. The predicted molar refractivity (Wildman–Crippen MR) is 45.5 cm³/mol. The van der Waals surface area contributed by atoms with E-state index in [9.17, 15) is 4.79 Å². The van der Waals surface area contributed by atoms with Crippen LogP contribution in [0.15, 0.2) is 0 Å². The van der Waals surface area contributed by atoms with E-state index in [0.717, 1.165) is 0 Å². The van der Waals surface area contributed by atoms with Crippen LogP contribution in [0.2, 0.25) is 0 Å². The first-order chi connectivity index (χ1) is 5.63. The van der Waals surface area contributed by atoms with E-state index in [1.54, 1.807) is 20.8 Å². The number of carbonyl (C=O) groups excluding carboxylic acids is 1. The monoisotopic (exact) mass is 175 g/mol. The van der Waals surface area contributed by atoms with Crippen molar-refractivity contribution in [2.75, 3.05) is 13.2 Å². The molecule has 0 aliphatic rings. The van der Waals surface area contributed by atoms with Crippen LogP contribution in [0.3, 0.4) is 0 Å². The summed E-state index contributed by atoms with van der Waals surface area (Å²) in [5.41, 5.74) is 5.17.